The standard InChI is InChI=1S/C14H13ClNO4S/c1-19-12-7-8-14(13(9-12)20-2)21(17,18)16-11-5-3-10(15)4-6-11/h3-5,7-9,16H,1-2H3. The van der Waals surface area contributed by atoms with Crippen LogP contribution in [0.5, 0.6) is 11.5 Å². The molecule has 1 radical (unpaired) electrons. The summed E-state index contributed by atoms with van der Waals surface area (Å²) in [6.45, 7) is 0. The lowest BCUT2D eigenvalue weighted by molar-refractivity contribution is 0.386. The van der Waals surface area contributed by atoms with Crippen LogP contribution >= 0.6 is 11.6 Å². The maximum atomic E-state index is 12.4. The van der Waals surface area contributed by atoms with Crippen molar-refractivity contribution in [1.82, 2.24) is 0 Å². The molecule has 1 N–H and O–H groups in total. The summed E-state index contributed by atoms with van der Waals surface area (Å²) >= 11 is 5.74. The first-order valence-electron chi connectivity index (χ1n) is 5.88. The smallest absolute Gasteiger partial charge is 0.265 e. The van der Waals surface area contributed by atoms with Gasteiger partial charge in [-0.3, -0.25) is 4.72 Å². The predicted octanol–water partition coefficient (Wildman–Crippen LogP) is 2.96. The van der Waals surface area contributed by atoms with Crippen molar-refractivity contribution >= 4 is 27.3 Å². The molecule has 0 aliphatic heterocycles. The summed E-state index contributed by atoms with van der Waals surface area (Å²) in [6, 6.07) is 11.8. The number of benzene rings is 2. The second kappa shape index (κ2) is 6.24. The zero-order valence-electron chi connectivity index (χ0n) is 11.4. The van der Waals surface area contributed by atoms with Gasteiger partial charge in [0.05, 0.1) is 19.9 Å². The van der Waals surface area contributed by atoms with E-state index in [-0.39, 0.29) is 16.3 Å². The fraction of sp³-hybridized carbons (Fsp3) is 0.143. The highest BCUT2D eigenvalue weighted by molar-refractivity contribution is 7.92. The molecule has 0 fully saturated rings. The molecule has 0 unspecified atom stereocenters. The van der Waals surface area contributed by atoms with Crippen molar-refractivity contribution in [1.29, 1.82) is 0 Å². The van der Waals surface area contributed by atoms with E-state index in [4.69, 9.17) is 21.1 Å². The van der Waals surface area contributed by atoms with E-state index in [9.17, 15) is 8.42 Å². The SMILES string of the molecule is COc1ccc(S(=O)(=O)Nc2[c]cc(Cl)cc2)c(OC)c1. The van der Waals surface area contributed by atoms with Crippen LogP contribution in [0, 0.1) is 6.07 Å². The number of ether oxygens (including phenoxy) is 2. The van der Waals surface area contributed by atoms with Crippen molar-refractivity contribution in [2.24, 2.45) is 0 Å². The number of hydrogen-bond donors (Lipinski definition) is 1. The van der Waals surface area contributed by atoms with Crippen molar-refractivity contribution in [3.63, 3.8) is 0 Å². The molecule has 111 valence electrons. The van der Waals surface area contributed by atoms with Crippen LogP contribution in [-0.2, 0) is 10.0 Å². The Labute approximate surface area is 128 Å². The Morgan fingerprint density at radius 2 is 1.90 bits per heavy atom. The summed E-state index contributed by atoms with van der Waals surface area (Å²) in [4.78, 5) is 0.00847. The second-order valence-corrected chi connectivity index (χ2v) is 6.13. The molecule has 0 spiro atoms. The largest absolute Gasteiger partial charge is 0.497 e. The number of halogens is 1. The molecular formula is C14H13ClNO4S. The summed E-state index contributed by atoms with van der Waals surface area (Å²) in [6.07, 6.45) is 0. The first kappa shape index (κ1) is 15.5. The fourth-order valence-electron chi connectivity index (χ4n) is 1.67. The van der Waals surface area contributed by atoms with Gasteiger partial charge in [0.25, 0.3) is 10.0 Å². The minimum atomic E-state index is -3.80. The van der Waals surface area contributed by atoms with E-state index in [0.29, 0.717) is 10.8 Å². The first-order valence-corrected chi connectivity index (χ1v) is 7.74. The maximum absolute atomic E-state index is 12.4. The maximum Gasteiger partial charge on any atom is 0.265 e. The quantitative estimate of drug-likeness (QED) is 0.917. The topological polar surface area (TPSA) is 64.6 Å². The van der Waals surface area contributed by atoms with Gasteiger partial charge in [-0.05, 0) is 30.3 Å². The molecule has 0 aliphatic rings. The van der Waals surface area contributed by atoms with Crippen LogP contribution in [0.4, 0.5) is 5.69 Å². The van der Waals surface area contributed by atoms with Gasteiger partial charge in [-0.25, -0.2) is 8.42 Å². The van der Waals surface area contributed by atoms with Crippen LogP contribution in [0.3, 0.4) is 0 Å². The average molecular weight is 327 g/mol. The zero-order chi connectivity index (χ0) is 15.5. The Morgan fingerprint density at radius 1 is 1.14 bits per heavy atom. The van der Waals surface area contributed by atoms with Gasteiger partial charge < -0.3 is 9.47 Å². The fourth-order valence-corrected chi connectivity index (χ4v) is 2.96. The minimum Gasteiger partial charge on any atom is -0.497 e. The van der Waals surface area contributed by atoms with Crippen LogP contribution in [0.1, 0.15) is 0 Å². The molecular weight excluding hydrogens is 314 g/mol. The highest BCUT2D eigenvalue weighted by Crippen LogP contribution is 2.29. The van der Waals surface area contributed by atoms with Gasteiger partial charge in [0.15, 0.2) is 0 Å². The third-order valence-electron chi connectivity index (χ3n) is 2.68. The molecule has 0 saturated carbocycles. The van der Waals surface area contributed by atoms with Crippen molar-refractivity contribution < 1.29 is 17.9 Å². The summed E-state index contributed by atoms with van der Waals surface area (Å²) in [7, 11) is -0.918. The lowest BCUT2D eigenvalue weighted by Crippen LogP contribution is -2.14. The first-order chi connectivity index (χ1) is 9.96. The van der Waals surface area contributed by atoms with Gasteiger partial charge in [-0.1, -0.05) is 11.6 Å². The van der Waals surface area contributed by atoms with Gasteiger partial charge in [-0.2, -0.15) is 0 Å². The van der Waals surface area contributed by atoms with E-state index in [2.05, 4.69) is 10.8 Å². The van der Waals surface area contributed by atoms with Gasteiger partial charge in [-0.15, -0.1) is 0 Å². The third kappa shape index (κ3) is 3.59. The van der Waals surface area contributed by atoms with Gasteiger partial charge in [0.1, 0.15) is 16.4 Å². The summed E-state index contributed by atoms with van der Waals surface area (Å²) in [5, 5.41) is 0.472. The number of nitrogens with one attached hydrogen (secondary N) is 1. The highest BCUT2D eigenvalue weighted by Gasteiger charge is 2.20. The molecule has 0 atom stereocenters. The lowest BCUT2D eigenvalue weighted by atomic mass is 10.3. The van der Waals surface area contributed by atoms with Crippen molar-refractivity contribution in [2.45, 2.75) is 4.90 Å². The molecule has 2 rings (SSSR count). The molecule has 0 bridgehead atoms. The lowest BCUT2D eigenvalue weighted by Gasteiger charge is -2.12. The van der Waals surface area contributed by atoms with Crippen LogP contribution < -0.4 is 14.2 Å². The van der Waals surface area contributed by atoms with E-state index < -0.39 is 10.0 Å². The third-order valence-corrected chi connectivity index (χ3v) is 4.32. The molecule has 2 aromatic rings. The molecule has 2 aromatic carbocycles. The summed E-state index contributed by atoms with van der Waals surface area (Å²) in [5.41, 5.74) is 0.289. The monoisotopic (exact) mass is 326 g/mol. The van der Waals surface area contributed by atoms with E-state index in [1.165, 1.54) is 38.5 Å². The van der Waals surface area contributed by atoms with Gasteiger partial charge >= 0.3 is 0 Å². The molecule has 5 nitrogen and oxygen atoms in total. The number of hydrogen-bond acceptors (Lipinski definition) is 4. The highest BCUT2D eigenvalue weighted by atomic mass is 35.5. The molecule has 0 saturated heterocycles. The zero-order valence-corrected chi connectivity index (χ0v) is 13.0. The molecule has 21 heavy (non-hydrogen) atoms. The van der Waals surface area contributed by atoms with E-state index >= 15 is 0 Å². The number of sulfonamides is 1. The van der Waals surface area contributed by atoms with Crippen LogP contribution in [0.15, 0.2) is 41.3 Å². The van der Waals surface area contributed by atoms with E-state index in [0.717, 1.165) is 0 Å². The summed E-state index contributed by atoms with van der Waals surface area (Å²) < 4.78 is 37.3. The molecule has 0 amide bonds. The van der Waals surface area contributed by atoms with Crippen LogP contribution in [0.25, 0.3) is 0 Å². The Morgan fingerprint density at radius 3 is 2.48 bits per heavy atom. The Kier molecular flexibility index (Phi) is 4.59. The molecule has 0 aliphatic carbocycles. The Bertz CT molecular complexity index is 729. The van der Waals surface area contributed by atoms with Crippen LogP contribution in [0.2, 0.25) is 5.02 Å². The molecule has 7 heteroatoms. The number of methoxy groups -OCH3 is 2. The van der Waals surface area contributed by atoms with Crippen molar-refractivity contribution in [3.8, 4) is 11.5 Å². The number of rotatable bonds is 5. The van der Waals surface area contributed by atoms with Crippen molar-refractivity contribution in [2.75, 3.05) is 18.9 Å². The Hall–Kier alpha value is -1.92. The van der Waals surface area contributed by atoms with E-state index in [1.807, 2.05) is 0 Å². The van der Waals surface area contributed by atoms with Crippen molar-refractivity contribution in [3.05, 3.63) is 47.5 Å². The average Bonchev–Trinajstić information content (AvgIpc) is 2.48. The van der Waals surface area contributed by atoms with Gasteiger partial charge in [0.2, 0.25) is 0 Å². The second-order valence-electron chi connectivity index (χ2n) is 4.04. The number of anilines is 1. The summed E-state index contributed by atoms with van der Waals surface area (Å²) in [5.74, 6) is 0.694. The Balaban J connectivity index is 2.37. The molecule has 0 heterocycles. The van der Waals surface area contributed by atoms with Crippen LogP contribution in [-0.4, -0.2) is 22.6 Å². The normalized spacial score (nSPS) is 11.0. The molecule has 0 aromatic heterocycles. The predicted molar refractivity (Wildman–Crippen MR) is 80.6 cm³/mol. The minimum absolute atomic E-state index is 0.00847. The van der Waals surface area contributed by atoms with Gasteiger partial charge in [0, 0.05) is 17.2 Å². The van der Waals surface area contributed by atoms with E-state index in [1.54, 1.807) is 12.1 Å².